The van der Waals surface area contributed by atoms with E-state index in [1.807, 2.05) is 20.8 Å². The van der Waals surface area contributed by atoms with Crippen LogP contribution in [-0.4, -0.2) is 34.6 Å². The van der Waals surface area contributed by atoms with E-state index in [-0.39, 0.29) is 11.8 Å². The maximum Gasteiger partial charge on any atom is 0.225 e. The second-order valence-electron chi connectivity index (χ2n) is 4.72. The Balaban J connectivity index is 2.43. The quantitative estimate of drug-likeness (QED) is 0.693. The van der Waals surface area contributed by atoms with Crippen LogP contribution in [0, 0.1) is 11.8 Å². The molecule has 1 amide bonds. The van der Waals surface area contributed by atoms with Crippen molar-refractivity contribution in [2.45, 2.75) is 33.3 Å². The molecule has 0 radical (unpaired) electrons. The summed E-state index contributed by atoms with van der Waals surface area (Å²) in [4.78, 5) is 13.4. The molecule has 0 aliphatic carbocycles. The van der Waals surface area contributed by atoms with Gasteiger partial charge >= 0.3 is 0 Å². The SMILES string of the molecule is CC(C)C(C)C(=O)N1CC(C)(O)C1. The molecule has 1 aliphatic heterocycles. The fraction of sp³-hybridized carbons (Fsp3) is 0.900. The van der Waals surface area contributed by atoms with Crippen LogP contribution in [0.15, 0.2) is 0 Å². The van der Waals surface area contributed by atoms with Crippen LogP contribution in [0.5, 0.6) is 0 Å². The topological polar surface area (TPSA) is 40.5 Å². The van der Waals surface area contributed by atoms with Gasteiger partial charge < -0.3 is 10.0 Å². The first-order chi connectivity index (χ1) is 5.83. The predicted octanol–water partition coefficient (Wildman–Crippen LogP) is 0.872. The molecule has 0 bridgehead atoms. The molecular formula is C10H19NO2. The first-order valence-corrected chi connectivity index (χ1v) is 4.84. The summed E-state index contributed by atoms with van der Waals surface area (Å²) >= 11 is 0. The summed E-state index contributed by atoms with van der Waals surface area (Å²) in [6, 6.07) is 0. The molecule has 76 valence electrons. The Morgan fingerprint density at radius 2 is 1.85 bits per heavy atom. The third kappa shape index (κ3) is 2.21. The Bertz CT molecular complexity index is 203. The Morgan fingerprint density at radius 3 is 2.15 bits per heavy atom. The summed E-state index contributed by atoms with van der Waals surface area (Å²) in [6.07, 6.45) is 0. The van der Waals surface area contributed by atoms with E-state index in [0.717, 1.165) is 0 Å². The van der Waals surface area contributed by atoms with Crippen molar-refractivity contribution in [1.29, 1.82) is 0 Å². The van der Waals surface area contributed by atoms with Gasteiger partial charge in [-0.1, -0.05) is 20.8 Å². The Hall–Kier alpha value is -0.570. The van der Waals surface area contributed by atoms with Crippen molar-refractivity contribution >= 4 is 5.91 Å². The number of hydrogen-bond acceptors (Lipinski definition) is 2. The Kier molecular flexibility index (Phi) is 2.66. The highest BCUT2D eigenvalue weighted by Gasteiger charge is 2.40. The lowest BCUT2D eigenvalue weighted by molar-refractivity contribution is -0.157. The fourth-order valence-electron chi connectivity index (χ4n) is 1.51. The van der Waals surface area contributed by atoms with Crippen molar-refractivity contribution in [3.05, 3.63) is 0 Å². The Morgan fingerprint density at radius 1 is 1.38 bits per heavy atom. The van der Waals surface area contributed by atoms with Crippen molar-refractivity contribution in [1.82, 2.24) is 4.90 Å². The predicted molar refractivity (Wildman–Crippen MR) is 51.2 cm³/mol. The van der Waals surface area contributed by atoms with E-state index in [1.54, 1.807) is 11.8 Å². The summed E-state index contributed by atoms with van der Waals surface area (Å²) in [6.45, 7) is 8.77. The number of likely N-dealkylation sites (tertiary alicyclic amines) is 1. The van der Waals surface area contributed by atoms with Crippen molar-refractivity contribution in [3.8, 4) is 0 Å². The number of aliphatic hydroxyl groups is 1. The fourth-order valence-corrected chi connectivity index (χ4v) is 1.51. The molecule has 0 aromatic rings. The molecule has 0 aromatic heterocycles. The van der Waals surface area contributed by atoms with Crippen LogP contribution in [-0.2, 0) is 4.79 Å². The highest BCUT2D eigenvalue weighted by molar-refractivity contribution is 5.79. The lowest BCUT2D eigenvalue weighted by atomic mass is 9.91. The molecular weight excluding hydrogens is 166 g/mol. The van der Waals surface area contributed by atoms with Gasteiger partial charge in [0.15, 0.2) is 0 Å². The smallest absolute Gasteiger partial charge is 0.225 e. The number of nitrogens with zero attached hydrogens (tertiary/aromatic N) is 1. The molecule has 3 nitrogen and oxygen atoms in total. The number of rotatable bonds is 2. The summed E-state index contributed by atoms with van der Waals surface area (Å²) in [5.74, 6) is 0.607. The monoisotopic (exact) mass is 185 g/mol. The summed E-state index contributed by atoms with van der Waals surface area (Å²) in [5.41, 5.74) is -0.646. The van der Waals surface area contributed by atoms with E-state index < -0.39 is 5.60 Å². The van der Waals surface area contributed by atoms with Gasteiger partial charge in [0.05, 0.1) is 18.7 Å². The molecule has 1 aliphatic rings. The lowest BCUT2D eigenvalue weighted by Gasteiger charge is -2.45. The third-order valence-electron chi connectivity index (χ3n) is 2.76. The number of carbonyl (C=O) groups excluding carboxylic acids is 1. The van der Waals surface area contributed by atoms with Gasteiger partial charge in [0.25, 0.3) is 0 Å². The first-order valence-electron chi connectivity index (χ1n) is 4.84. The van der Waals surface area contributed by atoms with Crippen molar-refractivity contribution in [2.24, 2.45) is 11.8 Å². The van der Waals surface area contributed by atoms with E-state index in [2.05, 4.69) is 0 Å². The van der Waals surface area contributed by atoms with Crippen LogP contribution < -0.4 is 0 Å². The zero-order valence-electron chi connectivity index (χ0n) is 8.87. The minimum absolute atomic E-state index is 0.0658. The van der Waals surface area contributed by atoms with Crippen LogP contribution in [0.3, 0.4) is 0 Å². The second kappa shape index (κ2) is 3.29. The number of carbonyl (C=O) groups is 1. The molecule has 1 N–H and O–H groups in total. The van der Waals surface area contributed by atoms with Gasteiger partial charge in [0.2, 0.25) is 5.91 Å². The van der Waals surface area contributed by atoms with Crippen molar-refractivity contribution in [3.63, 3.8) is 0 Å². The highest BCUT2D eigenvalue weighted by atomic mass is 16.3. The van der Waals surface area contributed by atoms with Gasteiger partial charge in [-0.3, -0.25) is 4.79 Å². The standard InChI is InChI=1S/C10H19NO2/c1-7(2)8(3)9(12)11-5-10(4,13)6-11/h7-8,13H,5-6H2,1-4H3. The summed E-state index contributed by atoms with van der Waals surface area (Å²) in [7, 11) is 0. The van der Waals surface area contributed by atoms with E-state index in [4.69, 9.17) is 0 Å². The number of hydrogen-bond donors (Lipinski definition) is 1. The molecule has 3 heteroatoms. The van der Waals surface area contributed by atoms with Gasteiger partial charge in [-0.25, -0.2) is 0 Å². The number of amides is 1. The maximum atomic E-state index is 11.7. The summed E-state index contributed by atoms with van der Waals surface area (Å²) in [5, 5.41) is 9.46. The first kappa shape index (κ1) is 10.5. The minimum atomic E-state index is -0.646. The molecule has 0 aromatic carbocycles. The van der Waals surface area contributed by atoms with Crippen molar-refractivity contribution in [2.75, 3.05) is 13.1 Å². The zero-order valence-corrected chi connectivity index (χ0v) is 8.87. The molecule has 1 unspecified atom stereocenters. The molecule has 1 rings (SSSR count). The van der Waals surface area contributed by atoms with Gasteiger partial charge in [-0.05, 0) is 12.8 Å². The van der Waals surface area contributed by atoms with Gasteiger partial charge in [-0.2, -0.15) is 0 Å². The zero-order chi connectivity index (χ0) is 10.2. The highest BCUT2D eigenvalue weighted by Crippen LogP contribution is 2.23. The molecule has 13 heavy (non-hydrogen) atoms. The molecule has 0 spiro atoms. The molecule has 1 fully saturated rings. The van der Waals surface area contributed by atoms with Crippen LogP contribution >= 0.6 is 0 Å². The number of β-amino-alcohol motifs (C(OH)–C–C–N with tert-alkyl or cyclic N) is 1. The lowest BCUT2D eigenvalue weighted by Crippen LogP contribution is -2.62. The van der Waals surface area contributed by atoms with Gasteiger partial charge in [-0.15, -0.1) is 0 Å². The maximum absolute atomic E-state index is 11.7. The average Bonchev–Trinajstić information content (AvgIpc) is 1.97. The van der Waals surface area contributed by atoms with E-state index >= 15 is 0 Å². The van der Waals surface area contributed by atoms with E-state index in [0.29, 0.717) is 19.0 Å². The molecule has 1 saturated heterocycles. The normalized spacial score (nSPS) is 22.8. The third-order valence-corrected chi connectivity index (χ3v) is 2.76. The van der Waals surface area contributed by atoms with Crippen LogP contribution in [0.4, 0.5) is 0 Å². The molecule has 1 atom stereocenters. The van der Waals surface area contributed by atoms with Gasteiger partial charge in [0, 0.05) is 5.92 Å². The van der Waals surface area contributed by atoms with E-state index in [1.165, 1.54) is 0 Å². The van der Waals surface area contributed by atoms with E-state index in [9.17, 15) is 9.90 Å². The molecule has 0 saturated carbocycles. The van der Waals surface area contributed by atoms with Gasteiger partial charge in [0.1, 0.15) is 0 Å². The summed E-state index contributed by atoms with van der Waals surface area (Å²) < 4.78 is 0. The minimum Gasteiger partial charge on any atom is -0.386 e. The van der Waals surface area contributed by atoms with Crippen molar-refractivity contribution < 1.29 is 9.90 Å². The van der Waals surface area contributed by atoms with Crippen LogP contribution in [0.25, 0.3) is 0 Å². The molecule has 1 heterocycles. The van der Waals surface area contributed by atoms with Crippen LogP contribution in [0.1, 0.15) is 27.7 Å². The second-order valence-corrected chi connectivity index (χ2v) is 4.72. The average molecular weight is 185 g/mol. The largest absolute Gasteiger partial charge is 0.386 e. The Labute approximate surface area is 79.7 Å². The van der Waals surface area contributed by atoms with Crippen LogP contribution in [0.2, 0.25) is 0 Å².